The zero-order valence-corrected chi connectivity index (χ0v) is 14.1. The number of nitrogens with zero attached hydrogens (tertiary/aromatic N) is 5. The summed E-state index contributed by atoms with van der Waals surface area (Å²) >= 11 is 0. The lowest BCUT2D eigenvalue weighted by molar-refractivity contribution is -0.141. The highest BCUT2D eigenvalue weighted by Crippen LogP contribution is 2.33. The van der Waals surface area contributed by atoms with Gasteiger partial charge in [0.25, 0.3) is 0 Å². The Hall–Kier alpha value is -2.36. The van der Waals surface area contributed by atoms with Gasteiger partial charge in [0.1, 0.15) is 17.7 Å². The Morgan fingerprint density at radius 1 is 1.32 bits per heavy atom. The van der Waals surface area contributed by atoms with Crippen LogP contribution in [0.1, 0.15) is 24.0 Å². The van der Waals surface area contributed by atoms with Gasteiger partial charge in [-0.25, -0.2) is 9.97 Å². The molecule has 0 amide bonds. The molecule has 25 heavy (non-hydrogen) atoms. The molecule has 1 fully saturated rings. The topological polar surface area (TPSA) is 68.1 Å². The first-order valence-corrected chi connectivity index (χ1v) is 7.74. The number of rotatable bonds is 4. The van der Waals surface area contributed by atoms with Gasteiger partial charge in [-0.15, -0.1) is 0 Å². The van der Waals surface area contributed by atoms with Crippen molar-refractivity contribution < 1.29 is 17.9 Å². The predicted octanol–water partition coefficient (Wildman–Crippen LogP) is 2.24. The highest BCUT2D eigenvalue weighted by atomic mass is 19.4. The highest BCUT2D eigenvalue weighted by molar-refractivity contribution is 5.45. The number of halogens is 3. The summed E-state index contributed by atoms with van der Waals surface area (Å²) in [5.41, 5.74) is -0.985. The van der Waals surface area contributed by atoms with Crippen LogP contribution in [0.3, 0.4) is 0 Å². The molecule has 7 nitrogen and oxygen atoms in total. The Labute approximate surface area is 142 Å². The summed E-state index contributed by atoms with van der Waals surface area (Å²) in [6.07, 6.45) is -0.858. The third-order valence-electron chi connectivity index (χ3n) is 3.98. The van der Waals surface area contributed by atoms with Crippen molar-refractivity contribution in [3.8, 4) is 0 Å². The Morgan fingerprint density at radius 3 is 2.68 bits per heavy atom. The van der Waals surface area contributed by atoms with E-state index in [0.717, 1.165) is 6.07 Å². The lowest BCUT2D eigenvalue weighted by Gasteiger charge is -2.21. The van der Waals surface area contributed by atoms with E-state index in [1.165, 1.54) is 4.90 Å². The van der Waals surface area contributed by atoms with Crippen LogP contribution in [0, 0.1) is 0 Å². The largest absolute Gasteiger partial charge is 0.433 e. The van der Waals surface area contributed by atoms with E-state index in [1.54, 1.807) is 26.5 Å². The number of anilines is 2. The van der Waals surface area contributed by atoms with Crippen molar-refractivity contribution in [3.63, 3.8) is 0 Å². The lowest BCUT2D eigenvalue weighted by Crippen LogP contribution is -2.27. The Kier molecular flexibility index (Phi) is 4.55. The third-order valence-corrected chi connectivity index (χ3v) is 3.98. The lowest BCUT2D eigenvalue weighted by atomic mass is 10.1. The van der Waals surface area contributed by atoms with Gasteiger partial charge in [-0.05, 0) is 6.42 Å². The second-order valence-corrected chi connectivity index (χ2v) is 6.05. The molecule has 1 N–H and O–H groups in total. The third kappa shape index (κ3) is 3.68. The van der Waals surface area contributed by atoms with Crippen LogP contribution in [-0.2, 0) is 18.0 Å². The molecule has 1 aliphatic heterocycles. The number of alkyl halides is 3. The quantitative estimate of drug-likeness (QED) is 0.906. The van der Waals surface area contributed by atoms with Crippen LogP contribution >= 0.6 is 0 Å². The first kappa shape index (κ1) is 17.5. The molecule has 0 unspecified atom stereocenters. The first-order valence-electron chi connectivity index (χ1n) is 7.74. The SMILES string of the molecule is CN(C)c1cc(C(F)(F)F)nc(N[C@H]2CCO[C@@H]2c2nccn2C)n1. The van der Waals surface area contributed by atoms with E-state index in [2.05, 4.69) is 20.3 Å². The number of nitrogens with one attached hydrogen (secondary N) is 1. The maximum atomic E-state index is 13.1. The molecule has 0 spiro atoms. The molecular formula is C15H19F3N6O. The highest BCUT2D eigenvalue weighted by Gasteiger charge is 2.36. The van der Waals surface area contributed by atoms with Crippen molar-refractivity contribution in [2.75, 3.05) is 30.9 Å². The van der Waals surface area contributed by atoms with E-state index in [9.17, 15) is 13.2 Å². The predicted molar refractivity (Wildman–Crippen MR) is 85.3 cm³/mol. The molecule has 1 aliphatic rings. The fourth-order valence-corrected chi connectivity index (χ4v) is 2.68. The standard InChI is InChI=1S/C15H19F3N6O/c1-23(2)11-8-10(15(16,17)18)21-14(22-11)20-9-4-7-25-12(9)13-19-5-6-24(13)3/h5-6,8-9,12H,4,7H2,1-3H3,(H,20,21,22)/t9-,12-/m0/s1. The molecule has 2 atom stereocenters. The number of imidazole rings is 1. The fraction of sp³-hybridized carbons (Fsp3) is 0.533. The number of aryl methyl sites for hydroxylation is 1. The zero-order valence-electron chi connectivity index (χ0n) is 14.1. The molecule has 1 saturated heterocycles. The molecule has 0 aromatic carbocycles. The smallest absolute Gasteiger partial charge is 0.368 e. The van der Waals surface area contributed by atoms with Crippen molar-refractivity contribution in [2.45, 2.75) is 24.7 Å². The summed E-state index contributed by atoms with van der Waals surface area (Å²) in [6.45, 7) is 0.481. The number of ether oxygens (including phenoxy) is 1. The molecule has 0 radical (unpaired) electrons. The van der Waals surface area contributed by atoms with Crippen molar-refractivity contribution in [3.05, 3.63) is 30.0 Å². The minimum Gasteiger partial charge on any atom is -0.368 e. The van der Waals surface area contributed by atoms with Gasteiger partial charge in [-0.3, -0.25) is 0 Å². The fourth-order valence-electron chi connectivity index (χ4n) is 2.68. The second-order valence-electron chi connectivity index (χ2n) is 6.05. The van der Waals surface area contributed by atoms with E-state index < -0.39 is 11.9 Å². The van der Waals surface area contributed by atoms with Crippen LogP contribution < -0.4 is 10.2 Å². The molecule has 2 aromatic heterocycles. The van der Waals surface area contributed by atoms with Gasteiger partial charge in [0.15, 0.2) is 5.69 Å². The Balaban J connectivity index is 1.89. The van der Waals surface area contributed by atoms with Crippen molar-refractivity contribution >= 4 is 11.8 Å². The van der Waals surface area contributed by atoms with Crippen molar-refractivity contribution in [1.82, 2.24) is 19.5 Å². The van der Waals surface area contributed by atoms with Crippen LogP contribution in [0.25, 0.3) is 0 Å². The first-order chi connectivity index (χ1) is 11.8. The maximum absolute atomic E-state index is 13.1. The molecule has 0 saturated carbocycles. The summed E-state index contributed by atoms with van der Waals surface area (Å²) < 4.78 is 46.8. The Morgan fingerprint density at radius 2 is 2.08 bits per heavy atom. The van der Waals surface area contributed by atoms with E-state index in [-0.39, 0.29) is 23.9 Å². The normalized spacial score (nSPS) is 20.7. The molecule has 10 heteroatoms. The monoisotopic (exact) mass is 356 g/mol. The van der Waals surface area contributed by atoms with E-state index in [1.807, 2.05) is 11.6 Å². The molecular weight excluding hydrogens is 337 g/mol. The summed E-state index contributed by atoms with van der Waals surface area (Å²) in [7, 11) is 5.09. The maximum Gasteiger partial charge on any atom is 0.433 e. The van der Waals surface area contributed by atoms with Gasteiger partial charge in [-0.1, -0.05) is 0 Å². The van der Waals surface area contributed by atoms with Gasteiger partial charge in [-0.2, -0.15) is 18.2 Å². The average Bonchev–Trinajstić information content (AvgIpc) is 3.14. The average molecular weight is 356 g/mol. The van der Waals surface area contributed by atoms with E-state index in [0.29, 0.717) is 18.9 Å². The van der Waals surface area contributed by atoms with Gasteiger partial charge < -0.3 is 19.5 Å². The van der Waals surface area contributed by atoms with Crippen LogP contribution in [-0.4, -0.2) is 46.3 Å². The summed E-state index contributed by atoms with van der Waals surface area (Å²) in [5.74, 6) is 0.806. The number of hydrogen-bond acceptors (Lipinski definition) is 6. The molecule has 0 aliphatic carbocycles. The number of hydrogen-bond donors (Lipinski definition) is 1. The van der Waals surface area contributed by atoms with Gasteiger partial charge in [0.2, 0.25) is 5.95 Å². The summed E-state index contributed by atoms with van der Waals surface area (Å²) in [6, 6.07) is 0.659. The summed E-state index contributed by atoms with van der Waals surface area (Å²) in [5, 5.41) is 2.99. The van der Waals surface area contributed by atoms with Crippen LogP contribution in [0.15, 0.2) is 18.5 Å². The minimum absolute atomic E-state index is 0.0757. The molecule has 3 heterocycles. The van der Waals surface area contributed by atoms with Gasteiger partial charge in [0.05, 0.1) is 6.04 Å². The number of aromatic nitrogens is 4. The zero-order chi connectivity index (χ0) is 18.2. The molecule has 0 bridgehead atoms. The molecule has 2 aromatic rings. The molecule has 136 valence electrons. The Bertz CT molecular complexity index is 745. The second kappa shape index (κ2) is 6.51. The van der Waals surface area contributed by atoms with Gasteiger partial charge in [0, 0.05) is 46.2 Å². The van der Waals surface area contributed by atoms with Crippen molar-refractivity contribution in [2.24, 2.45) is 7.05 Å². The molecule has 3 rings (SSSR count). The van der Waals surface area contributed by atoms with Gasteiger partial charge >= 0.3 is 6.18 Å². The minimum atomic E-state index is -4.55. The van der Waals surface area contributed by atoms with Crippen molar-refractivity contribution in [1.29, 1.82) is 0 Å². The van der Waals surface area contributed by atoms with E-state index in [4.69, 9.17) is 4.74 Å². The van der Waals surface area contributed by atoms with E-state index >= 15 is 0 Å². The van der Waals surface area contributed by atoms with Crippen LogP contribution in [0.5, 0.6) is 0 Å². The summed E-state index contributed by atoms with van der Waals surface area (Å²) in [4.78, 5) is 13.6. The van der Waals surface area contributed by atoms with Crippen LogP contribution in [0.2, 0.25) is 0 Å². The van der Waals surface area contributed by atoms with Crippen LogP contribution in [0.4, 0.5) is 24.9 Å².